The number of piperidine rings is 2. The first-order valence-corrected chi connectivity index (χ1v) is 8.93. The first-order valence-electron chi connectivity index (χ1n) is 8.93. The molecular weight excluding hydrogens is 307 g/mol. The molecule has 2 aliphatic rings. The van der Waals surface area contributed by atoms with Gasteiger partial charge in [-0.05, 0) is 69.5 Å². The lowest BCUT2D eigenvalue weighted by Crippen LogP contribution is -2.45. The van der Waals surface area contributed by atoms with Gasteiger partial charge in [0.1, 0.15) is 5.82 Å². The Kier molecular flexibility index (Phi) is 5.61. The number of nitrogens with zero attached hydrogens (tertiary/aromatic N) is 2. The van der Waals surface area contributed by atoms with Crippen LogP contribution in [0.25, 0.3) is 0 Å². The van der Waals surface area contributed by atoms with Crippen molar-refractivity contribution >= 4 is 11.7 Å². The van der Waals surface area contributed by atoms with Crippen LogP contribution in [0.1, 0.15) is 42.5 Å². The molecule has 1 aromatic rings. The summed E-state index contributed by atoms with van der Waals surface area (Å²) in [5.41, 5.74) is 0.583. The fraction of sp³-hybridized carbons (Fsp3) is 0.579. The Morgan fingerprint density at radius 3 is 2.21 bits per heavy atom. The van der Waals surface area contributed by atoms with Gasteiger partial charge in [0.2, 0.25) is 5.91 Å². The molecule has 0 atom stereocenters. The highest BCUT2D eigenvalue weighted by Gasteiger charge is 2.27. The molecule has 0 aliphatic carbocycles. The minimum absolute atomic E-state index is 0.0169. The fourth-order valence-corrected chi connectivity index (χ4v) is 3.64. The predicted octanol–water partition coefficient (Wildman–Crippen LogP) is 2.73. The lowest BCUT2D eigenvalue weighted by molar-refractivity contribution is -0.133. The molecule has 0 unspecified atom stereocenters. The van der Waals surface area contributed by atoms with Crippen LogP contribution in [-0.4, -0.2) is 54.2 Å². The van der Waals surface area contributed by atoms with Crippen LogP contribution in [0, 0.1) is 11.7 Å². The smallest absolute Gasteiger partial charge is 0.236 e. The van der Waals surface area contributed by atoms with E-state index in [0.717, 1.165) is 51.9 Å². The highest BCUT2D eigenvalue weighted by atomic mass is 19.1. The van der Waals surface area contributed by atoms with E-state index >= 15 is 0 Å². The highest BCUT2D eigenvalue weighted by Crippen LogP contribution is 2.22. The van der Waals surface area contributed by atoms with Gasteiger partial charge in [-0.25, -0.2) is 4.39 Å². The lowest BCUT2D eigenvalue weighted by atomic mass is 9.89. The van der Waals surface area contributed by atoms with Crippen molar-refractivity contribution in [1.82, 2.24) is 9.80 Å². The Morgan fingerprint density at radius 1 is 0.958 bits per heavy atom. The molecule has 5 heteroatoms. The second-order valence-electron chi connectivity index (χ2n) is 6.86. The van der Waals surface area contributed by atoms with Crippen LogP contribution in [0.5, 0.6) is 0 Å². The number of benzene rings is 1. The fourth-order valence-electron chi connectivity index (χ4n) is 3.64. The van der Waals surface area contributed by atoms with E-state index in [1.807, 2.05) is 4.90 Å². The molecule has 0 spiro atoms. The zero-order valence-corrected chi connectivity index (χ0v) is 14.0. The van der Waals surface area contributed by atoms with E-state index in [1.165, 1.54) is 18.6 Å². The standard InChI is InChI=1S/C19H25FN2O2/c20-17-6-4-15(5-7-17)19(24)16-8-12-21(13-9-16)14-18(23)22-10-2-1-3-11-22/h4-7,16H,1-3,8-14H2. The van der Waals surface area contributed by atoms with E-state index in [1.54, 1.807) is 12.1 Å². The van der Waals surface area contributed by atoms with Gasteiger partial charge in [0.25, 0.3) is 0 Å². The highest BCUT2D eigenvalue weighted by molar-refractivity contribution is 5.97. The van der Waals surface area contributed by atoms with Gasteiger partial charge in [-0.1, -0.05) is 0 Å². The normalized spacial score (nSPS) is 20.1. The number of carbonyl (C=O) groups excluding carboxylic acids is 2. The summed E-state index contributed by atoms with van der Waals surface area (Å²) >= 11 is 0. The minimum Gasteiger partial charge on any atom is -0.342 e. The molecule has 2 aliphatic heterocycles. The average Bonchev–Trinajstić information content (AvgIpc) is 2.63. The molecule has 0 saturated carbocycles. The zero-order valence-electron chi connectivity index (χ0n) is 14.0. The lowest BCUT2D eigenvalue weighted by Gasteiger charge is -2.33. The topological polar surface area (TPSA) is 40.6 Å². The molecule has 1 amide bonds. The molecule has 24 heavy (non-hydrogen) atoms. The van der Waals surface area contributed by atoms with Crippen LogP contribution in [0.2, 0.25) is 0 Å². The number of Topliss-reactive ketones (excluding diaryl/α,β-unsaturated/α-hetero) is 1. The first kappa shape index (κ1) is 17.1. The number of ketones is 1. The number of amides is 1. The van der Waals surface area contributed by atoms with Crippen molar-refractivity contribution in [2.75, 3.05) is 32.7 Å². The number of likely N-dealkylation sites (tertiary alicyclic amines) is 2. The SMILES string of the molecule is O=C(c1ccc(F)cc1)C1CCN(CC(=O)N2CCCCC2)CC1. The predicted molar refractivity (Wildman–Crippen MR) is 90.3 cm³/mol. The first-order chi connectivity index (χ1) is 11.6. The summed E-state index contributed by atoms with van der Waals surface area (Å²) in [7, 11) is 0. The molecule has 0 radical (unpaired) electrons. The summed E-state index contributed by atoms with van der Waals surface area (Å²) in [5.74, 6) is -0.0237. The third-order valence-electron chi connectivity index (χ3n) is 5.15. The average molecular weight is 332 g/mol. The molecular formula is C19H25FN2O2. The maximum absolute atomic E-state index is 13.0. The number of hydrogen-bond acceptors (Lipinski definition) is 3. The van der Waals surface area contributed by atoms with Crippen molar-refractivity contribution in [2.24, 2.45) is 5.92 Å². The van der Waals surface area contributed by atoms with Crippen LogP contribution in [-0.2, 0) is 4.79 Å². The monoisotopic (exact) mass is 332 g/mol. The third-order valence-corrected chi connectivity index (χ3v) is 5.15. The van der Waals surface area contributed by atoms with Crippen molar-refractivity contribution in [2.45, 2.75) is 32.1 Å². The Hall–Kier alpha value is -1.75. The summed E-state index contributed by atoms with van der Waals surface area (Å²) in [6.07, 6.45) is 4.98. The van der Waals surface area contributed by atoms with E-state index < -0.39 is 0 Å². The molecule has 2 fully saturated rings. The van der Waals surface area contributed by atoms with Gasteiger partial charge in [0.15, 0.2) is 5.78 Å². The molecule has 1 aromatic carbocycles. The van der Waals surface area contributed by atoms with Gasteiger partial charge in [0.05, 0.1) is 6.54 Å². The largest absolute Gasteiger partial charge is 0.342 e. The van der Waals surface area contributed by atoms with Crippen LogP contribution < -0.4 is 0 Å². The van der Waals surface area contributed by atoms with E-state index in [2.05, 4.69) is 4.90 Å². The summed E-state index contributed by atoms with van der Waals surface area (Å²) < 4.78 is 13.0. The molecule has 2 saturated heterocycles. The van der Waals surface area contributed by atoms with Crippen LogP contribution >= 0.6 is 0 Å². The number of hydrogen-bond donors (Lipinski definition) is 0. The summed E-state index contributed by atoms with van der Waals surface area (Å²) in [4.78, 5) is 28.9. The molecule has 4 nitrogen and oxygen atoms in total. The summed E-state index contributed by atoms with van der Waals surface area (Å²) in [6, 6.07) is 5.78. The van der Waals surface area contributed by atoms with Crippen LogP contribution in [0.15, 0.2) is 24.3 Å². The zero-order chi connectivity index (χ0) is 16.9. The molecule has 130 valence electrons. The van der Waals surface area contributed by atoms with Gasteiger partial charge >= 0.3 is 0 Å². The Balaban J connectivity index is 1.47. The summed E-state index contributed by atoms with van der Waals surface area (Å²) in [6.45, 7) is 3.79. The molecule has 0 bridgehead atoms. The Labute approximate surface area is 142 Å². The van der Waals surface area contributed by atoms with Gasteiger partial charge in [0, 0.05) is 24.6 Å². The minimum atomic E-state index is -0.322. The van der Waals surface area contributed by atoms with Gasteiger partial charge in [-0.3, -0.25) is 14.5 Å². The van der Waals surface area contributed by atoms with E-state index in [4.69, 9.17) is 0 Å². The van der Waals surface area contributed by atoms with Crippen LogP contribution in [0.3, 0.4) is 0 Å². The van der Waals surface area contributed by atoms with Crippen molar-refractivity contribution in [1.29, 1.82) is 0 Å². The van der Waals surface area contributed by atoms with Crippen molar-refractivity contribution in [3.8, 4) is 0 Å². The maximum Gasteiger partial charge on any atom is 0.236 e. The number of carbonyl (C=O) groups is 2. The maximum atomic E-state index is 13.0. The van der Waals surface area contributed by atoms with Gasteiger partial charge in [-0.2, -0.15) is 0 Å². The van der Waals surface area contributed by atoms with Crippen molar-refractivity contribution in [3.63, 3.8) is 0 Å². The van der Waals surface area contributed by atoms with Gasteiger partial charge < -0.3 is 4.90 Å². The third kappa shape index (κ3) is 4.20. The second kappa shape index (κ2) is 7.88. The van der Waals surface area contributed by atoms with E-state index in [9.17, 15) is 14.0 Å². The van der Waals surface area contributed by atoms with Crippen LogP contribution in [0.4, 0.5) is 4.39 Å². The quantitative estimate of drug-likeness (QED) is 0.796. The summed E-state index contributed by atoms with van der Waals surface area (Å²) in [5, 5.41) is 0. The molecule has 0 N–H and O–H groups in total. The second-order valence-corrected chi connectivity index (χ2v) is 6.86. The van der Waals surface area contributed by atoms with Crippen molar-refractivity contribution < 1.29 is 14.0 Å². The number of rotatable bonds is 4. The number of halogens is 1. The van der Waals surface area contributed by atoms with Gasteiger partial charge in [-0.15, -0.1) is 0 Å². The molecule has 0 aromatic heterocycles. The molecule has 3 rings (SSSR count). The Bertz CT molecular complexity index is 574. The Morgan fingerprint density at radius 2 is 1.58 bits per heavy atom. The van der Waals surface area contributed by atoms with Crippen molar-refractivity contribution in [3.05, 3.63) is 35.6 Å². The van der Waals surface area contributed by atoms with E-state index in [-0.39, 0.29) is 23.4 Å². The van der Waals surface area contributed by atoms with E-state index in [0.29, 0.717) is 12.1 Å². The molecule has 2 heterocycles.